The predicted molar refractivity (Wildman–Crippen MR) is 63.6 cm³/mol. The molecule has 1 heterocycles. The Kier molecular flexibility index (Phi) is 2.42. The highest BCUT2D eigenvalue weighted by Gasteiger charge is 2.35. The number of nitrogen functional groups attached to an aromatic ring is 2. The summed E-state index contributed by atoms with van der Waals surface area (Å²) >= 11 is 0. The first-order valence-corrected chi connectivity index (χ1v) is 5.45. The SMILES string of the molecule is CCC1(Nc2ccc(N)c(N)n2)CCC1. The summed E-state index contributed by atoms with van der Waals surface area (Å²) in [4.78, 5) is 4.23. The van der Waals surface area contributed by atoms with Crippen molar-refractivity contribution in [2.24, 2.45) is 0 Å². The highest BCUT2D eigenvalue weighted by Crippen LogP contribution is 2.37. The van der Waals surface area contributed by atoms with Gasteiger partial charge in [-0.3, -0.25) is 0 Å². The molecule has 1 aromatic rings. The van der Waals surface area contributed by atoms with Crippen molar-refractivity contribution in [3.8, 4) is 0 Å². The molecule has 1 aromatic heterocycles. The average Bonchev–Trinajstić information content (AvgIpc) is 2.17. The quantitative estimate of drug-likeness (QED) is 0.706. The molecule has 1 aliphatic carbocycles. The Morgan fingerprint density at radius 2 is 2.13 bits per heavy atom. The predicted octanol–water partition coefficient (Wildman–Crippen LogP) is 1.99. The fourth-order valence-corrected chi connectivity index (χ4v) is 2.00. The maximum Gasteiger partial charge on any atom is 0.149 e. The highest BCUT2D eigenvalue weighted by atomic mass is 15.1. The third-order valence-electron chi connectivity index (χ3n) is 3.34. The van der Waals surface area contributed by atoms with Crippen LogP contribution >= 0.6 is 0 Å². The molecule has 0 aliphatic heterocycles. The maximum atomic E-state index is 5.66. The highest BCUT2D eigenvalue weighted by molar-refractivity contribution is 5.62. The van der Waals surface area contributed by atoms with Gasteiger partial charge in [-0.1, -0.05) is 6.92 Å². The number of anilines is 3. The van der Waals surface area contributed by atoms with E-state index in [1.165, 1.54) is 19.3 Å². The molecule has 15 heavy (non-hydrogen) atoms. The van der Waals surface area contributed by atoms with Gasteiger partial charge in [0.25, 0.3) is 0 Å². The maximum absolute atomic E-state index is 5.66. The lowest BCUT2D eigenvalue weighted by atomic mass is 9.75. The number of aromatic nitrogens is 1. The molecule has 0 aromatic carbocycles. The molecule has 82 valence electrons. The summed E-state index contributed by atoms with van der Waals surface area (Å²) in [6, 6.07) is 3.69. The molecule has 0 saturated heterocycles. The summed E-state index contributed by atoms with van der Waals surface area (Å²) in [5, 5.41) is 3.46. The molecular formula is C11H18N4. The molecule has 0 amide bonds. The minimum atomic E-state index is 0.246. The van der Waals surface area contributed by atoms with Crippen molar-refractivity contribution < 1.29 is 0 Å². The Labute approximate surface area is 90.1 Å². The molecule has 0 spiro atoms. The minimum absolute atomic E-state index is 0.246. The number of pyridine rings is 1. The Morgan fingerprint density at radius 1 is 1.40 bits per heavy atom. The summed E-state index contributed by atoms with van der Waals surface area (Å²) in [5.74, 6) is 1.24. The van der Waals surface area contributed by atoms with Gasteiger partial charge in [0.15, 0.2) is 0 Å². The molecule has 4 nitrogen and oxygen atoms in total. The summed E-state index contributed by atoms with van der Waals surface area (Å²) in [7, 11) is 0. The molecular weight excluding hydrogens is 188 g/mol. The van der Waals surface area contributed by atoms with Crippen LogP contribution in [0.25, 0.3) is 0 Å². The number of nitrogens with two attached hydrogens (primary N) is 2. The molecule has 0 radical (unpaired) electrons. The fraction of sp³-hybridized carbons (Fsp3) is 0.545. The Balaban J connectivity index is 2.13. The first kappa shape index (κ1) is 10.1. The molecule has 4 heteroatoms. The third kappa shape index (κ3) is 1.84. The van der Waals surface area contributed by atoms with E-state index in [4.69, 9.17) is 11.5 Å². The standard InChI is InChI=1S/C11H18N4/c1-2-11(6-3-7-11)15-9-5-4-8(12)10(13)14-9/h4-5H,2-3,6-7,12H2,1H3,(H3,13,14,15). The summed E-state index contributed by atoms with van der Waals surface area (Å²) < 4.78 is 0. The van der Waals surface area contributed by atoms with E-state index in [0.29, 0.717) is 11.5 Å². The normalized spacial score (nSPS) is 18.2. The van der Waals surface area contributed by atoms with Crippen LogP contribution in [-0.2, 0) is 0 Å². The van der Waals surface area contributed by atoms with Gasteiger partial charge in [0.2, 0.25) is 0 Å². The second-order valence-electron chi connectivity index (χ2n) is 4.28. The number of hydrogen-bond donors (Lipinski definition) is 3. The number of nitrogens with zero attached hydrogens (tertiary/aromatic N) is 1. The molecule has 1 saturated carbocycles. The van der Waals surface area contributed by atoms with E-state index in [0.717, 1.165) is 12.2 Å². The van der Waals surface area contributed by atoms with Crippen molar-refractivity contribution in [2.45, 2.75) is 38.1 Å². The van der Waals surface area contributed by atoms with Crippen LogP contribution in [0.1, 0.15) is 32.6 Å². The lowest BCUT2D eigenvalue weighted by molar-refractivity contribution is 0.269. The van der Waals surface area contributed by atoms with E-state index < -0.39 is 0 Å². The van der Waals surface area contributed by atoms with Crippen LogP contribution in [0, 0.1) is 0 Å². The Bertz CT molecular complexity index is 352. The number of rotatable bonds is 3. The van der Waals surface area contributed by atoms with E-state index in [2.05, 4.69) is 17.2 Å². The molecule has 2 rings (SSSR count). The zero-order valence-corrected chi connectivity index (χ0v) is 9.09. The van der Waals surface area contributed by atoms with Crippen LogP contribution in [0.15, 0.2) is 12.1 Å². The van der Waals surface area contributed by atoms with Gasteiger partial charge in [-0.05, 0) is 37.8 Å². The van der Waals surface area contributed by atoms with Crippen LogP contribution in [0.4, 0.5) is 17.3 Å². The van der Waals surface area contributed by atoms with E-state index in [9.17, 15) is 0 Å². The molecule has 0 atom stereocenters. The zero-order chi connectivity index (χ0) is 10.9. The van der Waals surface area contributed by atoms with E-state index >= 15 is 0 Å². The Hall–Kier alpha value is -1.45. The van der Waals surface area contributed by atoms with Crippen LogP contribution in [0.2, 0.25) is 0 Å². The largest absolute Gasteiger partial charge is 0.396 e. The molecule has 0 bridgehead atoms. The molecule has 5 N–H and O–H groups in total. The van der Waals surface area contributed by atoms with Gasteiger partial charge in [0.05, 0.1) is 5.69 Å². The fourth-order valence-electron chi connectivity index (χ4n) is 2.00. The topological polar surface area (TPSA) is 77.0 Å². The van der Waals surface area contributed by atoms with Crippen molar-refractivity contribution in [1.29, 1.82) is 0 Å². The van der Waals surface area contributed by atoms with Crippen molar-refractivity contribution in [3.63, 3.8) is 0 Å². The first-order valence-electron chi connectivity index (χ1n) is 5.45. The van der Waals surface area contributed by atoms with Gasteiger partial charge in [-0.2, -0.15) is 0 Å². The molecule has 0 unspecified atom stereocenters. The third-order valence-corrected chi connectivity index (χ3v) is 3.34. The van der Waals surface area contributed by atoms with Crippen molar-refractivity contribution in [2.75, 3.05) is 16.8 Å². The second-order valence-corrected chi connectivity index (χ2v) is 4.28. The van der Waals surface area contributed by atoms with Crippen LogP contribution in [-0.4, -0.2) is 10.5 Å². The average molecular weight is 206 g/mol. The van der Waals surface area contributed by atoms with Crippen molar-refractivity contribution in [3.05, 3.63) is 12.1 Å². The van der Waals surface area contributed by atoms with Crippen LogP contribution < -0.4 is 16.8 Å². The Morgan fingerprint density at radius 3 is 2.60 bits per heavy atom. The number of nitrogens with one attached hydrogen (secondary N) is 1. The minimum Gasteiger partial charge on any atom is -0.396 e. The molecule has 1 fully saturated rings. The monoisotopic (exact) mass is 206 g/mol. The molecule has 1 aliphatic rings. The van der Waals surface area contributed by atoms with Gasteiger partial charge >= 0.3 is 0 Å². The van der Waals surface area contributed by atoms with Crippen molar-refractivity contribution >= 4 is 17.3 Å². The van der Waals surface area contributed by atoms with Gasteiger partial charge in [0.1, 0.15) is 11.6 Å². The summed E-state index contributed by atoms with van der Waals surface area (Å²) in [6.07, 6.45) is 4.86. The van der Waals surface area contributed by atoms with Crippen molar-refractivity contribution in [1.82, 2.24) is 4.98 Å². The number of hydrogen-bond acceptors (Lipinski definition) is 4. The first-order chi connectivity index (χ1) is 7.15. The lowest BCUT2D eigenvalue weighted by Crippen LogP contribution is -2.44. The van der Waals surface area contributed by atoms with E-state index in [1.54, 1.807) is 6.07 Å². The van der Waals surface area contributed by atoms with Gasteiger partial charge in [-0.25, -0.2) is 4.98 Å². The van der Waals surface area contributed by atoms with E-state index in [1.807, 2.05) is 6.07 Å². The zero-order valence-electron chi connectivity index (χ0n) is 9.09. The van der Waals surface area contributed by atoms with Gasteiger partial charge < -0.3 is 16.8 Å². The van der Waals surface area contributed by atoms with E-state index in [-0.39, 0.29) is 5.54 Å². The second kappa shape index (κ2) is 3.61. The smallest absolute Gasteiger partial charge is 0.149 e. The van der Waals surface area contributed by atoms with Crippen LogP contribution in [0.3, 0.4) is 0 Å². The lowest BCUT2D eigenvalue weighted by Gasteiger charge is -2.42. The van der Waals surface area contributed by atoms with Gasteiger partial charge in [0, 0.05) is 5.54 Å². The summed E-state index contributed by atoms with van der Waals surface area (Å²) in [5.41, 5.74) is 12.1. The summed E-state index contributed by atoms with van der Waals surface area (Å²) in [6.45, 7) is 2.20. The van der Waals surface area contributed by atoms with Crippen LogP contribution in [0.5, 0.6) is 0 Å². The van der Waals surface area contributed by atoms with Gasteiger partial charge in [-0.15, -0.1) is 0 Å².